The monoisotopic (exact) mass is 531 g/mol. The van der Waals surface area contributed by atoms with E-state index in [0.29, 0.717) is 38.9 Å². The largest absolute Gasteiger partial charge is 0.493 e. The first kappa shape index (κ1) is 24.5. The normalized spacial score (nSPS) is 16.8. The number of anilines is 2. The summed E-state index contributed by atoms with van der Waals surface area (Å²) < 4.78 is 0. The maximum Gasteiger partial charge on any atom is 0.224 e. The zero-order valence-corrected chi connectivity index (χ0v) is 22.0. The van der Waals surface area contributed by atoms with Crippen molar-refractivity contribution >= 4 is 39.8 Å². The number of aliphatic hydroxyl groups is 1. The molecule has 5 N–H and O–H groups in total. The minimum Gasteiger partial charge on any atom is -0.493 e. The molecule has 2 fully saturated rings. The number of fused-ring (bicyclic) bond motifs is 1. The number of aromatic hydroxyl groups is 1. The number of nitrogens with one attached hydrogen (secondary N) is 3. The summed E-state index contributed by atoms with van der Waals surface area (Å²) in [4.78, 5) is 16.8. The molecule has 0 radical (unpaired) electrons. The second-order valence-electron chi connectivity index (χ2n) is 10.5. The van der Waals surface area contributed by atoms with Gasteiger partial charge in [0.15, 0.2) is 0 Å². The van der Waals surface area contributed by atoms with Gasteiger partial charge in [-0.25, -0.2) is 9.97 Å². The van der Waals surface area contributed by atoms with Gasteiger partial charge in [-0.15, -0.1) is 0 Å². The number of pyridine rings is 1. The molecule has 0 saturated carbocycles. The van der Waals surface area contributed by atoms with Crippen molar-refractivity contribution in [1.82, 2.24) is 19.9 Å². The van der Waals surface area contributed by atoms with Crippen LogP contribution in [0.1, 0.15) is 24.2 Å². The van der Waals surface area contributed by atoms with Crippen molar-refractivity contribution in [2.75, 3.05) is 42.9 Å². The predicted octanol–water partition coefficient (Wildman–Crippen LogP) is 4.56. The molecule has 9 nitrogen and oxygen atoms in total. The highest BCUT2D eigenvalue weighted by molar-refractivity contribution is 6.30. The summed E-state index contributed by atoms with van der Waals surface area (Å²) in [6.07, 6.45) is 0.725. The van der Waals surface area contributed by atoms with Crippen LogP contribution < -0.4 is 10.2 Å². The molecule has 4 heterocycles. The van der Waals surface area contributed by atoms with Crippen molar-refractivity contribution in [3.05, 3.63) is 64.8 Å². The number of aliphatic hydroxyl groups excluding tert-OH is 1. The molecule has 2 aromatic carbocycles. The highest BCUT2D eigenvalue weighted by Crippen LogP contribution is 2.43. The Morgan fingerprint density at radius 2 is 2.00 bits per heavy atom. The number of amidine groups is 1. The molecule has 4 aromatic rings. The summed E-state index contributed by atoms with van der Waals surface area (Å²) in [6.45, 7) is 7.97. The highest BCUT2D eigenvalue weighted by Gasteiger charge is 2.52. The smallest absolute Gasteiger partial charge is 0.224 e. The zero-order valence-electron chi connectivity index (χ0n) is 21.3. The lowest BCUT2D eigenvalue weighted by molar-refractivity contribution is 0.0283. The van der Waals surface area contributed by atoms with Gasteiger partial charge >= 0.3 is 0 Å². The van der Waals surface area contributed by atoms with Crippen LogP contribution in [0.15, 0.2) is 48.7 Å². The number of rotatable bonds is 6. The first-order chi connectivity index (χ1) is 18.2. The van der Waals surface area contributed by atoms with Gasteiger partial charge in [-0.1, -0.05) is 23.7 Å². The fourth-order valence-corrected chi connectivity index (χ4v) is 5.78. The average molecular weight is 532 g/mol. The van der Waals surface area contributed by atoms with Crippen LogP contribution in [-0.4, -0.2) is 68.6 Å². The van der Waals surface area contributed by atoms with Crippen LogP contribution in [0.3, 0.4) is 0 Å². The predicted molar refractivity (Wildman–Crippen MR) is 150 cm³/mol. The Kier molecular flexibility index (Phi) is 5.92. The number of likely N-dealkylation sites (tertiary alicyclic amines) is 1. The van der Waals surface area contributed by atoms with Crippen LogP contribution in [0.5, 0.6) is 5.88 Å². The number of nitrogens with zero attached hydrogens (tertiary/aromatic N) is 4. The SMILES string of the molecule is CC(=N)N1CC2(C1)CN(c1cc(C)c3[nH]c(-c4c(NC[C@H](O)c5cccc(Cl)c5)ccnc4O)nc3c1)C2. The number of imidazole rings is 1. The van der Waals surface area contributed by atoms with Crippen LogP contribution in [0.25, 0.3) is 22.4 Å². The Labute approximate surface area is 225 Å². The molecule has 2 aliphatic rings. The molecule has 38 heavy (non-hydrogen) atoms. The van der Waals surface area contributed by atoms with E-state index in [2.05, 4.69) is 44.1 Å². The molecule has 0 aliphatic carbocycles. The fraction of sp³-hybridized carbons (Fsp3) is 0.321. The lowest BCUT2D eigenvalue weighted by Gasteiger charge is -2.61. The number of hydrogen-bond acceptors (Lipinski definition) is 7. The Bertz CT molecular complexity index is 1540. The molecule has 0 amide bonds. The van der Waals surface area contributed by atoms with Crippen LogP contribution in [-0.2, 0) is 0 Å². The summed E-state index contributed by atoms with van der Waals surface area (Å²) in [5.41, 5.74) is 5.96. The summed E-state index contributed by atoms with van der Waals surface area (Å²) in [5.74, 6) is 0.994. The molecule has 0 bridgehead atoms. The number of aryl methyl sites for hydroxylation is 1. The summed E-state index contributed by atoms with van der Waals surface area (Å²) in [6, 6.07) is 13.1. The molecule has 2 aliphatic heterocycles. The first-order valence-electron chi connectivity index (χ1n) is 12.6. The van der Waals surface area contributed by atoms with Crippen LogP contribution in [0.2, 0.25) is 5.02 Å². The molecular weight excluding hydrogens is 502 g/mol. The van der Waals surface area contributed by atoms with Crippen LogP contribution >= 0.6 is 11.6 Å². The zero-order chi connectivity index (χ0) is 26.6. The van der Waals surface area contributed by atoms with E-state index in [1.54, 1.807) is 24.3 Å². The second-order valence-corrected chi connectivity index (χ2v) is 11.0. The van der Waals surface area contributed by atoms with Gasteiger partial charge in [0.1, 0.15) is 11.4 Å². The number of hydrogen-bond donors (Lipinski definition) is 5. The molecule has 10 heteroatoms. The standard InChI is InChI=1S/C28H30ClN7O2/c1-16-8-20(36-14-28(15-36)12-35(13-28)17(2)30)10-22-25(16)34-26(33-22)24-21(6-7-31-27(24)38)32-11-23(37)18-4-3-5-19(29)9-18/h3-10,23,30,37H,11-15H2,1-2H3,(H,33,34)(H2,31,32,38)/t23-/m0/s1. The van der Waals surface area contributed by atoms with Crippen molar-refractivity contribution in [2.24, 2.45) is 5.41 Å². The maximum absolute atomic E-state index is 10.7. The molecule has 6 rings (SSSR count). The van der Waals surface area contributed by atoms with Gasteiger partial charge in [-0.2, -0.15) is 0 Å². The Morgan fingerprint density at radius 1 is 1.21 bits per heavy atom. The van der Waals surface area contributed by atoms with Crippen molar-refractivity contribution in [1.29, 1.82) is 5.41 Å². The van der Waals surface area contributed by atoms with Gasteiger partial charge in [0.25, 0.3) is 0 Å². The highest BCUT2D eigenvalue weighted by atomic mass is 35.5. The van der Waals surface area contributed by atoms with Crippen LogP contribution in [0, 0.1) is 17.7 Å². The maximum atomic E-state index is 10.7. The number of H-pyrrole nitrogens is 1. The number of benzene rings is 2. The van der Waals surface area contributed by atoms with E-state index in [9.17, 15) is 10.2 Å². The van der Waals surface area contributed by atoms with E-state index in [1.807, 2.05) is 13.0 Å². The quantitative estimate of drug-likeness (QED) is 0.182. The van der Waals surface area contributed by atoms with E-state index in [1.165, 1.54) is 6.20 Å². The van der Waals surface area contributed by atoms with Crippen molar-refractivity contribution in [3.8, 4) is 17.3 Å². The van der Waals surface area contributed by atoms with Crippen molar-refractivity contribution < 1.29 is 10.2 Å². The van der Waals surface area contributed by atoms with Crippen molar-refractivity contribution in [2.45, 2.75) is 20.0 Å². The van der Waals surface area contributed by atoms with E-state index in [0.717, 1.165) is 48.5 Å². The molecular formula is C28H30ClN7O2. The number of aromatic amines is 1. The molecule has 1 spiro atoms. The lowest BCUT2D eigenvalue weighted by atomic mass is 9.72. The van der Waals surface area contributed by atoms with Gasteiger partial charge in [0.05, 0.1) is 28.7 Å². The third-order valence-corrected chi connectivity index (χ3v) is 7.84. The van der Waals surface area contributed by atoms with E-state index in [4.69, 9.17) is 22.0 Å². The van der Waals surface area contributed by atoms with E-state index >= 15 is 0 Å². The molecule has 2 saturated heterocycles. The van der Waals surface area contributed by atoms with Gasteiger partial charge in [-0.3, -0.25) is 5.41 Å². The van der Waals surface area contributed by atoms with Crippen molar-refractivity contribution in [3.63, 3.8) is 0 Å². The molecule has 2 aromatic heterocycles. The third-order valence-electron chi connectivity index (χ3n) is 7.61. The van der Waals surface area contributed by atoms with Gasteiger partial charge in [0.2, 0.25) is 5.88 Å². The lowest BCUT2D eigenvalue weighted by Crippen LogP contribution is -2.72. The number of halogens is 1. The van der Waals surface area contributed by atoms with E-state index in [-0.39, 0.29) is 12.4 Å². The van der Waals surface area contributed by atoms with Crippen LogP contribution in [0.4, 0.5) is 11.4 Å². The molecule has 1 atom stereocenters. The summed E-state index contributed by atoms with van der Waals surface area (Å²) in [7, 11) is 0. The van der Waals surface area contributed by atoms with Gasteiger partial charge < -0.3 is 30.3 Å². The Hall–Kier alpha value is -3.82. The topological polar surface area (TPSA) is 124 Å². The molecule has 0 unspecified atom stereocenters. The minimum absolute atomic E-state index is 0.148. The van der Waals surface area contributed by atoms with Gasteiger partial charge in [-0.05, 0) is 55.3 Å². The first-order valence-corrected chi connectivity index (χ1v) is 13.0. The fourth-order valence-electron chi connectivity index (χ4n) is 5.58. The minimum atomic E-state index is -0.789. The summed E-state index contributed by atoms with van der Waals surface area (Å²) in [5, 5.41) is 32.9. The van der Waals surface area contributed by atoms with Gasteiger partial charge in [0, 0.05) is 55.0 Å². The Balaban J connectivity index is 1.23. The second kappa shape index (κ2) is 9.18. The van der Waals surface area contributed by atoms with E-state index < -0.39 is 6.10 Å². The average Bonchev–Trinajstić information content (AvgIpc) is 3.25. The number of aromatic nitrogens is 3. The Morgan fingerprint density at radius 3 is 2.74 bits per heavy atom. The molecule has 196 valence electrons. The summed E-state index contributed by atoms with van der Waals surface area (Å²) >= 11 is 6.07. The third kappa shape index (κ3) is 4.31.